The zero-order valence-corrected chi connectivity index (χ0v) is 19.0. The van der Waals surface area contributed by atoms with Gasteiger partial charge in [0.2, 0.25) is 0 Å². The van der Waals surface area contributed by atoms with Crippen LogP contribution in [-0.2, 0) is 14.3 Å². The Morgan fingerprint density at radius 3 is 2.42 bits per heavy atom. The van der Waals surface area contributed by atoms with Crippen LogP contribution in [0.5, 0.6) is 5.75 Å². The van der Waals surface area contributed by atoms with Gasteiger partial charge in [-0.05, 0) is 52.1 Å². The maximum Gasteiger partial charge on any atom is 0.331 e. The normalized spacial score (nSPS) is 14.0. The van der Waals surface area contributed by atoms with E-state index in [9.17, 15) is 14.4 Å². The molecule has 2 amide bonds. The van der Waals surface area contributed by atoms with Crippen molar-refractivity contribution < 1.29 is 23.9 Å². The lowest BCUT2D eigenvalue weighted by atomic mass is 10.1. The van der Waals surface area contributed by atoms with Crippen molar-refractivity contribution in [3.8, 4) is 5.75 Å². The van der Waals surface area contributed by atoms with Gasteiger partial charge in [-0.3, -0.25) is 9.59 Å². The number of thiophene rings is 1. The first-order valence-corrected chi connectivity index (χ1v) is 11.4. The minimum atomic E-state index is -0.579. The maximum atomic E-state index is 12.4. The van der Waals surface area contributed by atoms with E-state index in [0.29, 0.717) is 31.1 Å². The summed E-state index contributed by atoms with van der Waals surface area (Å²) in [6.07, 6.45) is 2.97. The van der Waals surface area contributed by atoms with Crippen molar-refractivity contribution in [3.63, 3.8) is 0 Å². The predicted octanol–water partition coefficient (Wildman–Crippen LogP) is 3.45. The van der Waals surface area contributed by atoms with Crippen LogP contribution < -0.4 is 4.74 Å². The van der Waals surface area contributed by atoms with Crippen molar-refractivity contribution in [2.24, 2.45) is 0 Å². The highest BCUT2D eigenvalue weighted by Crippen LogP contribution is 2.22. The minimum absolute atomic E-state index is 0.0125. The number of amides is 2. The van der Waals surface area contributed by atoms with Crippen molar-refractivity contribution in [2.75, 3.05) is 39.9 Å². The smallest absolute Gasteiger partial charge is 0.331 e. The third-order valence-corrected chi connectivity index (χ3v) is 6.33. The lowest BCUT2D eigenvalue weighted by Gasteiger charge is -2.34. The van der Waals surface area contributed by atoms with Gasteiger partial charge in [0.25, 0.3) is 11.8 Å². The number of ether oxygens (including phenoxy) is 2. The topological polar surface area (TPSA) is 76.2 Å². The molecule has 0 N–H and O–H groups in total. The van der Waals surface area contributed by atoms with Crippen LogP contribution in [0.1, 0.15) is 15.2 Å². The molecule has 0 radical (unpaired) electrons. The minimum Gasteiger partial charge on any atom is -0.497 e. The molecular formula is C25H24N2O5S. The van der Waals surface area contributed by atoms with Crippen LogP contribution in [0.25, 0.3) is 16.8 Å². The molecule has 1 aliphatic heterocycles. The largest absolute Gasteiger partial charge is 0.497 e. The number of carbonyl (C=O) groups excluding carboxylic acids is 3. The van der Waals surface area contributed by atoms with Crippen LogP contribution in [0, 0.1) is 0 Å². The zero-order chi connectivity index (χ0) is 23.2. The van der Waals surface area contributed by atoms with Crippen LogP contribution in [-0.4, -0.2) is 67.5 Å². The van der Waals surface area contributed by atoms with Crippen molar-refractivity contribution in [1.29, 1.82) is 0 Å². The summed E-state index contributed by atoms with van der Waals surface area (Å²) in [5.41, 5.74) is 0.850. The number of hydrogen-bond donors (Lipinski definition) is 0. The van der Waals surface area contributed by atoms with E-state index in [1.54, 1.807) is 29.1 Å². The Bertz CT molecular complexity index is 1180. The summed E-state index contributed by atoms with van der Waals surface area (Å²) in [5.74, 6) is -0.0691. The van der Waals surface area contributed by atoms with Crippen molar-refractivity contribution in [3.05, 3.63) is 70.4 Å². The molecule has 0 aliphatic carbocycles. The van der Waals surface area contributed by atoms with Crippen LogP contribution in [0.3, 0.4) is 0 Å². The van der Waals surface area contributed by atoms with E-state index < -0.39 is 5.97 Å². The van der Waals surface area contributed by atoms with E-state index >= 15 is 0 Å². The summed E-state index contributed by atoms with van der Waals surface area (Å²) < 4.78 is 10.3. The number of rotatable bonds is 6. The van der Waals surface area contributed by atoms with Gasteiger partial charge in [0, 0.05) is 32.3 Å². The lowest BCUT2D eigenvalue weighted by Crippen LogP contribution is -2.51. The number of piperazine rings is 1. The summed E-state index contributed by atoms with van der Waals surface area (Å²) in [7, 11) is 1.63. The number of hydrogen-bond acceptors (Lipinski definition) is 6. The molecule has 1 aromatic heterocycles. The number of esters is 1. The molecule has 4 rings (SSSR count). The predicted molar refractivity (Wildman–Crippen MR) is 127 cm³/mol. The Morgan fingerprint density at radius 2 is 1.70 bits per heavy atom. The molecule has 2 heterocycles. The van der Waals surface area contributed by atoms with E-state index in [4.69, 9.17) is 9.47 Å². The van der Waals surface area contributed by atoms with Gasteiger partial charge in [-0.15, -0.1) is 11.3 Å². The van der Waals surface area contributed by atoms with Crippen LogP contribution >= 0.6 is 11.3 Å². The van der Waals surface area contributed by atoms with Gasteiger partial charge in [-0.1, -0.05) is 24.3 Å². The van der Waals surface area contributed by atoms with E-state index in [1.165, 1.54) is 17.4 Å². The summed E-state index contributed by atoms with van der Waals surface area (Å²) in [5, 5.41) is 3.93. The molecule has 0 atom stereocenters. The lowest BCUT2D eigenvalue weighted by molar-refractivity contribution is -0.148. The van der Waals surface area contributed by atoms with Gasteiger partial charge in [0.1, 0.15) is 5.75 Å². The standard InChI is InChI=1S/C25H24N2O5S/c1-31-21-8-7-19-15-18(4-6-20(19)16-21)5-9-24(29)32-17-23(28)26-10-12-27(13-11-26)25(30)22-3-2-14-33-22/h2-9,14-16H,10-13,17H2,1H3/b9-5+. The molecule has 0 spiro atoms. The SMILES string of the molecule is COc1ccc2cc(/C=C/C(=O)OCC(=O)N3CCN(C(=O)c4cccs4)CC3)ccc2c1. The fraction of sp³-hybridized carbons (Fsp3) is 0.240. The third kappa shape index (κ3) is 5.59. The van der Waals surface area contributed by atoms with Gasteiger partial charge < -0.3 is 19.3 Å². The van der Waals surface area contributed by atoms with Gasteiger partial charge in [0.15, 0.2) is 6.61 Å². The second-order valence-electron chi connectivity index (χ2n) is 7.56. The molecular weight excluding hydrogens is 440 g/mol. The Balaban J connectivity index is 1.24. The molecule has 0 bridgehead atoms. The molecule has 3 aromatic rings. The van der Waals surface area contributed by atoms with Crippen molar-refractivity contribution in [2.45, 2.75) is 0 Å². The van der Waals surface area contributed by atoms with Crippen LogP contribution in [0.4, 0.5) is 0 Å². The van der Waals surface area contributed by atoms with Crippen molar-refractivity contribution in [1.82, 2.24) is 9.80 Å². The van der Waals surface area contributed by atoms with Gasteiger partial charge in [-0.2, -0.15) is 0 Å². The van der Waals surface area contributed by atoms with Gasteiger partial charge in [0.05, 0.1) is 12.0 Å². The number of fused-ring (bicyclic) bond motifs is 1. The van der Waals surface area contributed by atoms with Crippen LogP contribution in [0.2, 0.25) is 0 Å². The average molecular weight is 465 g/mol. The summed E-state index contributed by atoms with van der Waals surface area (Å²) in [6, 6.07) is 15.2. The van der Waals surface area contributed by atoms with E-state index in [1.807, 2.05) is 47.8 Å². The van der Waals surface area contributed by atoms with E-state index in [2.05, 4.69) is 0 Å². The molecule has 170 valence electrons. The Kier molecular flexibility index (Phi) is 7.04. The molecule has 7 nitrogen and oxygen atoms in total. The molecule has 8 heteroatoms. The Morgan fingerprint density at radius 1 is 0.970 bits per heavy atom. The number of nitrogens with zero attached hydrogens (tertiary/aromatic N) is 2. The molecule has 0 saturated carbocycles. The van der Waals surface area contributed by atoms with E-state index in [-0.39, 0.29) is 18.4 Å². The number of methoxy groups -OCH3 is 1. The third-order valence-electron chi connectivity index (χ3n) is 5.47. The first-order valence-electron chi connectivity index (χ1n) is 10.6. The second-order valence-corrected chi connectivity index (χ2v) is 8.51. The molecule has 1 fully saturated rings. The molecule has 1 aliphatic rings. The average Bonchev–Trinajstić information content (AvgIpc) is 3.40. The first-order chi connectivity index (χ1) is 16.0. The fourth-order valence-corrected chi connectivity index (χ4v) is 4.32. The quantitative estimate of drug-likeness (QED) is 0.413. The number of benzene rings is 2. The number of carbonyl (C=O) groups is 3. The van der Waals surface area contributed by atoms with Gasteiger partial charge >= 0.3 is 5.97 Å². The van der Waals surface area contributed by atoms with Gasteiger partial charge in [-0.25, -0.2) is 4.79 Å². The van der Waals surface area contributed by atoms with E-state index in [0.717, 1.165) is 22.1 Å². The molecule has 33 heavy (non-hydrogen) atoms. The van der Waals surface area contributed by atoms with Crippen molar-refractivity contribution >= 4 is 46.0 Å². The highest BCUT2D eigenvalue weighted by molar-refractivity contribution is 7.12. The molecule has 2 aromatic carbocycles. The monoisotopic (exact) mass is 464 g/mol. The Labute approximate surface area is 195 Å². The fourth-order valence-electron chi connectivity index (χ4n) is 3.62. The highest BCUT2D eigenvalue weighted by atomic mass is 32.1. The molecule has 1 saturated heterocycles. The first kappa shape index (κ1) is 22.5. The summed E-state index contributed by atoms with van der Waals surface area (Å²) in [4.78, 5) is 40.9. The second kappa shape index (κ2) is 10.3. The summed E-state index contributed by atoms with van der Waals surface area (Å²) >= 11 is 1.41. The highest BCUT2D eigenvalue weighted by Gasteiger charge is 2.25. The summed E-state index contributed by atoms with van der Waals surface area (Å²) in [6.45, 7) is 1.45. The maximum absolute atomic E-state index is 12.4. The van der Waals surface area contributed by atoms with Crippen LogP contribution in [0.15, 0.2) is 60.0 Å². The molecule has 0 unspecified atom stereocenters. The zero-order valence-electron chi connectivity index (χ0n) is 18.2. The Hall–Kier alpha value is -3.65.